The second-order valence-corrected chi connectivity index (χ2v) is 3.07. The Morgan fingerprint density at radius 2 is 2.27 bits per heavy atom. The molecule has 0 aliphatic rings. The summed E-state index contributed by atoms with van der Waals surface area (Å²) >= 11 is 0. The van der Waals surface area contributed by atoms with Crippen LogP contribution < -0.4 is 0 Å². The molecule has 0 atom stereocenters. The van der Waals surface area contributed by atoms with Crippen molar-refractivity contribution in [1.29, 1.82) is 5.26 Å². The van der Waals surface area contributed by atoms with Crippen LogP contribution in [0.15, 0.2) is 12.3 Å². The molecule has 0 saturated heterocycles. The molecule has 0 amide bonds. The molecule has 0 bridgehead atoms. The Hall–Kier alpha value is -1.30. The van der Waals surface area contributed by atoms with Crippen LogP contribution >= 0.6 is 0 Å². The van der Waals surface area contributed by atoms with Crippen LogP contribution in [0.2, 0.25) is 0 Å². The topological polar surface area (TPSA) is 41.6 Å². The molecule has 0 aliphatic heterocycles. The highest BCUT2D eigenvalue weighted by Gasteiger charge is 2.18. The highest BCUT2D eigenvalue weighted by molar-refractivity contribution is 5.03. The van der Waals surface area contributed by atoms with Gasteiger partial charge in [0.15, 0.2) is 0 Å². The summed E-state index contributed by atoms with van der Waals surface area (Å²) in [4.78, 5) is 0. The fraction of sp³-hybridized carbons (Fsp3) is 0.500. The van der Waals surface area contributed by atoms with E-state index in [-0.39, 0.29) is 0 Å². The monoisotopic (exact) mass is 149 g/mol. The van der Waals surface area contributed by atoms with E-state index in [1.54, 1.807) is 4.68 Å². The van der Waals surface area contributed by atoms with Gasteiger partial charge in [0.25, 0.3) is 0 Å². The van der Waals surface area contributed by atoms with Gasteiger partial charge in [0, 0.05) is 6.20 Å². The maximum atomic E-state index is 8.75. The van der Waals surface area contributed by atoms with Gasteiger partial charge >= 0.3 is 0 Å². The van der Waals surface area contributed by atoms with E-state index in [1.165, 1.54) is 0 Å². The largest absolute Gasteiger partial charge is 0.253 e. The first-order chi connectivity index (χ1) is 5.06. The van der Waals surface area contributed by atoms with Crippen LogP contribution in [0, 0.1) is 18.3 Å². The lowest BCUT2D eigenvalue weighted by atomic mass is 10.1. The maximum Gasteiger partial charge on any atom is 0.143 e. The lowest BCUT2D eigenvalue weighted by Gasteiger charge is -2.15. The highest BCUT2D eigenvalue weighted by atomic mass is 15.3. The minimum absolute atomic E-state index is 0.533. The average molecular weight is 149 g/mol. The van der Waals surface area contributed by atoms with E-state index in [0.29, 0.717) is 0 Å². The third kappa shape index (κ3) is 1.40. The fourth-order valence-corrected chi connectivity index (χ4v) is 0.778. The molecule has 0 unspecified atom stereocenters. The third-order valence-electron chi connectivity index (χ3n) is 1.57. The second kappa shape index (κ2) is 2.39. The lowest BCUT2D eigenvalue weighted by Crippen LogP contribution is -2.24. The Morgan fingerprint density at radius 1 is 1.64 bits per heavy atom. The first-order valence-corrected chi connectivity index (χ1v) is 3.50. The molecule has 0 saturated carbocycles. The van der Waals surface area contributed by atoms with Gasteiger partial charge in [0.2, 0.25) is 0 Å². The maximum absolute atomic E-state index is 8.75. The summed E-state index contributed by atoms with van der Waals surface area (Å²) in [5.74, 6) is 0. The van der Waals surface area contributed by atoms with Crippen molar-refractivity contribution in [3.8, 4) is 6.07 Å². The van der Waals surface area contributed by atoms with Crippen LogP contribution in [-0.4, -0.2) is 9.78 Å². The van der Waals surface area contributed by atoms with Crippen LogP contribution in [0.25, 0.3) is 0 Å². The summed E-state index contributed by atoms with van der Waals surface area (Å²) in [6.45, 7) is 5.57. The molecule has 1 aromatic rings. The second-order valence-electron chi connectivity index (χ2n) is 3.07. The van der Waals surface area contributed by atoms with Gasteiger partial charge in [-0.05, 0) is 26.8 Å². The molecule has 0 aromatic carbocycles. The van der Waals surface area contributed by atoms with Crippen LogP contribution in [-0.2, 0) is 5.54 Å². The first-order valence-electron chi connectivity index (χ1n) is 3.50. The Morgan fingerprint density at radius 3 is 2.64 bits per heavy atom. The van der Waals surface area contributed by atoms with Crippen molar-refractivity contribution in [2.24, 2.45) is 0 Å². The lowest BCUT2D eigenvalue weighted by molar-refractivity contribution is 0.416. The minimum atomic E-state index is -0.533. The average Bonchev–Trinajstić information content (AvgIpc) is 2.36. The number of rotatable bonds is 1. The van der Waals surface area contributed by atoms with Crippen LogP contribution in [0.5, 0.6) is 0 Å². The van der Waals surface area contributed by atoms with Crippen molar-refractivity contribution in [2.75, 3.05) is 0 Å². The zero-order valence-corrected chi connectivity index (χ0v) is 7.00. The van der Waals surface area contributed by atoms with Gasteiger partial charge in [0.1, 0.15) is 5.54 Å². The van der Waals surface area contributed by atoms with Crippen molar-refractivity contribution in [2.45, 2.75) is 26.3 Å². The predicted molar refractivity (Wildman–Crippen MR) is 41.9 cm³/mol. The SMILES string of the molecule is Cc1ccn(C(C)(C)C#N)n1. The molecule has 1 aromatic heterocycles. The number of aryl methyl sites for hydroxylation is 1. The summed E-state index contributed by atoms with van der Waals surface area (Å²) in [6, 6.07) is 4.06. The molecule has 0 spiro atoms. The molecule has 0 radical (unpaired) electrons. The van der Waals surface area contributed by atoms with Gasteiger partial charge in [-0.25, -0.2) is 0 Å². The van der Waals surface area contributed by atoms with Gasteiger partial charge in [-0.3, -0.25) is 4.68 Å². The normalized spacial score (nSPS) is 11.1. The summed E-state index contributed by atoms with van der Waals surface area (Å²) in [6.07, 6.45) is 1.82. The molecule has 1 rings (SSSR count). The van der Waals surface area contributed by atoms with Crippen LogP contribution in [0.1, 0.15) is 19.5 Å². The molecule has 58 valence electrons. The molecule has 3 heteroatoms. The standard InChI is InChI=1S/C8H11N3/c1-7-4-5-11(10-7)8(2,3)6-9/h4-5H,1-3H3. The zero-order valence-electron chi connectivity index (χ0n) is 7.00. The van der Waals surface area contributed by atoms with Crippen LogP contribution in [0.4, 0.5) is 0 Å². The van der Waals surface area contributed by atoms with E-state index < -0.39 is 5.54 Å². The molecular weight excluding hydrogens is 138 g/mol. The molecular formula is C8H11N3. The van der Waals surface area contributed by atoms with E-state index in [1.807, 2.05) is 33.0 Å². The molecule has 0 fully saturated rings. The molecule has 3 nitrogen and oxygen atoms in total. The third-order valence-corrected chi connectivity index (χ3v) is 1.57. The summed E-state index contributed by atoms with van der Waals surface area (Å²) in [7, 11) is 0. The van der Waals surface area contributed by atoms with E-state index in [9.17, 15) is 0 Å². The van der Waals surface area contributed by atoms with E-state index in [4.69, 9.17) is 5.26 Å². The number of hydrogen-bond donors (Lipinski definition) is 0. The van der Waals surface area contributed by atoms with Crippen molar-refractivity contribution in [3.05, 3.63) is 18.0 Å². The molecule has 0 aliphatic carbocycles. The number of nitrogens with zero attached hydrogens (tertiary/aromatic N) is 3. The van der Waals surface area contributed by atoms with Gasteiger partial charge in [-0.2, -0.15) is 10.4 Å². The smallest absolute Gasteiger partial charge is 0.143 e. The summed E-state index contributed by atoms with van der Waals surface area (Å²) in [5, 5.41) is 12.9. The van der Waals surface area contributed by atoms with Gasteiger partial charge < -0.3 is 0 Å². The fourth-order valence-electron chi connectivity index (χ4n) is 0.778. The molecule has 1 heterocycles. The minimum Gasteiger partial charge on any atom is -0.253 e. The van der Waals surface area contributed by atoms with Gasteiger partial charge in [-0.1, -0.05) is 0 Å². The quantitative estimate of drug-likeness (QED) is 0.606. The van der Waals surface area contributed by atoms with Crippen LogP contribution in [0.3, 0.4) is 0 Å². The van der Waals surface area contributed by atoms with Crippen molar-refractivity contribution in [1.82, 2.24) is 9.78 Å². The van der Waals surface area contributed by atoms with E-state index >= 15 is 0 Å². The Labute approximate surface area is 66.3 Å². The zero-order chi connectivity index (χ0) is 8.48. The van der Waals surface area contributed by atoms with E-state index in [0.717, 1.165) is 5.69 Å². The first kappa shape index (κ1) is 7.80. The van der Waals surface area contributed by atoms with Gasteiger partial charge in [0.05, 0.1) is 11.8 Å². The van der Waals surface area contributed by atoms with Crippen molar-refractivity contribution >= 4 is 0 Å². The Bertz CT molecular complexity index is 291. The summed E-state index contributed by atoms with van der Waals surface area (Å²) < 4.78 is 1.67. The Balaban J connectivity index is 3.04. The predicted octanol–water partition coefficient (Wildman–Crippen LogP) is 1.45. The number of nitriles is 1. The highest BCUT2D eigenvalue weighted by Crippen LogP contribution is 2.11. The van der Waals surface area contributed by atoms with E-state index in [2.05, 4.69) is 11.2 Å². The molecule has 0 N–H and O–H groups in total. The summed E-state index contributed by atoms with van der Waals surface area (Å²) in [5.41, 5.74) is 0.405. The molecule has 11 heavy (non-hydrogen) atoms. The van der Waals surface area contributed by atoms with Crippen molar-refractivity contribution in [3.63, 3.8) is 0 Å². The van der Waals surface area contributed by atoms with Crippen molar-refractivity contribution < 1.29 is 0 Å². The number of aromatic nitrogens is 2. The number of hydrogen-bond acceptors (Lipinski definition) is 2. The Kier molecular flexibility index (Phi) is 1.69. The van der Waals surface area contributed by atoms with Gasteiger partial charge in [-0.15, -0.1) is 0 Å².